The quantitative estimate of drug-likeness (QED) is 0.767. The first-order chi connectivity index (χ1) is 9.79. The Bertz CT molecular complexity index is 395. The van der Waals surface area contributed by atoms with Gasteiger partial charge in [-0.2, -0.15) is 0 Å². The molecule has 0 aliphatic carbocycles. The molecule has 1 saturated heterocycles. The zero-order valence-electron chi connectivity index (χ0n) is 11.9. The number of hydrogen-bond acceptors (Lipinski definition) is 4. The molecule has 4 nitrogen and oxygen atoms in total. The van der Waals surface area contributed by atoms with E-state index in [-0.39, 0.29) is 12.5 Å². The van der Waals surface area contributed by atoms with E-state index < -0.39 is 0 Å². The molecule has 20 heavy (non-hydrogen) atoms. The maximum atomic E-state index is 11.9. The SMILES string of the molecule is O=C(CN1CCCC1CCCO)NCCc1cccs1. The van der Waals surface area contributed by atoms with E-state index in [1.165, 1.54) is 11.3 Å². The van der Waals surface area contributed by atoms with Gasteiger partial charge in [0.25, 0.3) is 0 Å². The summed E-state index contributed by atoms with van der Waals surface area (Å²) >= 11 is 1.73. The van der Waals surface area contributed by atoms with E-state index >= 15 is 0 Å². The second-order valence-electron chi connectivity index (χ2n) is 5.31. The lowest BCUT2D eigenvalue weighted by Gasteiger charge is -2.23. The van der Waals surface area contributed by atoms with Crippen LogP contribution in [0.1, 0.15) is 30.6 Å². The molecule has 5 heteroatoms. The van der Waals surface area contributed by atoms with Crippen molar-refractivity contribution in [2.45, 2.75) is 38.1 Å². The third-order valence-electron chi connectivity index (χ3n) is 3.81. The average Bonchev–Trinajstić information content (AvgIpc) is 3.08. The number of likely N-dealkylation sites (tertiary alicyclic amines) is 1. The molecule has 1 aliphatic rings. The first kappa shape index (κ1) is 15.5. The minimum atomic E-state index is 0.123. The molecule has 2 rings (SSSR count). The summed E-state index contributed by atoms with van der Waals surface area (Å²) in [6.45, 7) is 2.47. The molecule has 1 amide bonds. The van der Waals surface area contributed by atoms with Crippen LogP contribution in [0.4, 0.5) is 0 Å². The number of amides is 1. The number of rotatable bonds is 8. The Kier molecular flexibility index (Phi) is 6.50. The third kappa shape index (κ3) is 4.89. The van der Waals surface area contributed by atoms with Gasteiger partial charge in [0.15, 0.2) is 0 Å². The van der Waals surface area contributed by atoms with Crippen LogP contribution in [-0.2, 0) is 11.2 Å². The first-order valence-corrected chi connectivity index (χ1v) is 8.31. The van der Waals surface area contributed by atoms with Gasteiger partial charge in [-0.1, -0.05) is 6.07 Å². The van der Waals surface area contributed by atoms with Gasteiger partial charge in [-0.15, -0.1) is 11.3 Å². The molecule has 112 valence electrons. The van der Waals surface area contributed by atoms with E-state index in [9.17, 15) is 4.79 Å². The van der Waals surface area contributed by atoms with Gasteiger partial charge in [0.2, 0.25) is 5.91 Å². The third-order valence-corrected chi connectivity index (χ3v) is 4.75. The molecular formula is C15H24N2O2S. The minimum absolute atomic E-state index is 0.123. The summed E-state index contributed by atoms with van der Waals surface area (Å²) in [6.07, 6.45) is 5.07. The highest BCUT2D eigenvalue weighted by molar-refractivity contribution is 7.09. The molecule has 1 aliphatic heterocycles. The van der Waals surface area contributed by atoms with Crippen LogP contribution in [0.25, 0.3) is 0 Å². The largest absolute Gasteiger partial charge is 0.396 e. The molecule has 0 bridgehead atoms. The standard InChI is InChI=1S/C15H24N2O2S/c18-10-2-5-13-4-1-9-17(13)12-15(19)16-8-7-14-6-3-11-20-14/h3,6,11,13,18H,1-2,4-5,7-10,12H2,(H,16,19). The summed E-state index contributed by atoms with van der Waals surface area (Å²) in [5.41, 5.74) is 0. The highest BCUT2D eigenvalue weighted by atomic mass is 32.1. The Balaban J connectivity index is 1.65. The fraction of sp³-hybridized carbons (Fsp3) is 0.667. The summed E-state index contributed by atoms with van der Waals surface area (Å²) in [4.78, 5) is 15.5. The highest BCUT2D eigenvalue weighted by Crippen LogP contribution is 2.20. The molecule has 1 aromatic rings. The van der Waals surface area contributed by atoms with Gasteiger partial charge < -0.3 is 10.4 Å². The Morgan fingerprint density at radius 3 is 3.20 bits per heavy atom. The van der Waals surface area contributed by atoms with Gasteiger partial charge in [-0.25, -0.2) is 0 Å². The molecule has 2 N–H and O–H groups in total. The van der Waals surface area contributed by atoms with E-state index in [1.54, 1.807) is 11.3 Å². The highest BCUT2D eigenvalue weighted by Gasteiger charge is 2.25. The Hall–Kier alpha value is -0.910. The Morgan fingerprint density at radius 2 is 2.45 bits per heavy atom. The van der Waals surface area contributed by atoms with Crippen LogP contribution >= 0.6 is 11.3 Å². The summed E-state index contributed by atoms with van der Waals surface area (Å²) in [6, 6.07) is 4.62. The number of carbonyl (C=O) groups is 1. The lowest BCUT2D eigenvalue weighted by molar-refractivity contribution is -0.122. The molecule has 0 aromatic carbocycles. The minimum Gasteiger partial charge on any atom is -0.396 e. The van der Waals surface area contributed by atoms with Gasteiger partial charge in [0.05, 0.1) is 6.54 Å². The number of carbonyl (C=O) groups excluding carboxylic acids is 1. The molecule has 1 fully saturated rings. The van der Waals surface area contributed by atoms with Crippen LogP contribution in [0.3, 0.4) is 0 Å². The van der Waals surface area contributed by atoms with Gasteiger partial charge in [-0.05, 0) is 50.1 Å². The summed E-state index contributed by atoms with van der Waals surface area (Å²) in [5, 5.41) is 14.0. The Labute approximate surface area is 124 Å². The van der Waals surface area contributed by atoms with E-state index in [4.69, 9.17) is 5.11 Å². The molecule has 0 spiro atoms. The number of aliphatic hydroxyl groups excluding tert-OH is 1. The van der Waals surface area contributed by atoms with Crippen molar-refractivity contribution in [1.82, 2.24) is 10.2 Å². The van der Waals surface area contributed by atoms with Crippen molar-refractivity contribution >= 4 is 17.2 Å². The van der Waals surface area contributed by atoms with Gasteiger partial charge in [0, 0.05) is 24.1 Å². The second kappa shape index (κ2) is 8.39. The maximum Gasteiger partial charge on any atom is 0.234 e. The zero-order valence-corrected chi connectivity index (χ0v) is 12.7. The Morgan fingerprint density at radius 1 is 1.55 bits per heavy atom. The van der Waals surface area contributed by atoms with Crippen LogP contribution in [0.15, 0.2) is 17.5 Å². The van der Waals surface area contributed by atoms with Gasteiger partial charge in [-0.3, -0.25) is 9.69 Å². The zero-order chi connectivity index (χ0) is 14.2. The summed E-state index contributed by atoms with van der Waals surface area (Å²) in [7, 11) is 0. The van der Waals surface area contributed by atoms with Crippen LogP contribution in [0.5, 0.6) is 0 Å². The monoisotopic (exact) mass is 296 g/mol. The topological polar surface area (TPSA) is 52.6 Å². The van der Waals surface area contributed by atoms with E-state index in [1.807, 2.05) is 6.07 Å². The molecule has 0 radical (unpaired) electrons. The summed E-state index contributed by atoms with van der Waals surface area (Å²) < 4.78 is 0. The molecule has 0 saturated carbocycles. The predicted octanol–water partition coefficient (Wildman–Crippen LogP) is 1.64. The van der Waals surface area contributed by atoms with Gasteiger partial charge >= 0.3 is 0 Å². The average molecular weight is 296 g/mol. The van der Waals surface area contributed by atoms with Crippen LogP contribution in [0.2, 0.25) is 0 Å². The van der Waals surface area contributed by atoms with Gasteiger partial charge in [0.1, 0.15) is 0 Å². The van der Waals surface area contributed by atoms with Crippen molar-refractivity contribution in [3.8, 4) is 0 Å². The number of nitrogens with one attached hydrogen (secondary N) is 1. The van der Waals surface area contributed by atoms with Crippen molar-refractivity contribution in [1.29, 1.82) is 0 Å². The maximum absolute atomic E-state index is 11.9. The fourth-order valence-electron chi connectivity index (χ4n) is 2.78. The molecule has 1 unspecified atom stereocenters. The van der Waals surface area contributed by atoms with Crippen LogP contribution in [-0.4, -0.2) is 48.2 Å². The van der Waals surface area contributed by atoms with E-state index in [2.05, 4.69) is 21.7 Å². The summed E-state index contributed by atoms with van der Waals surface area (Å²) in [5.74, 6) is 0.123. The number of aliphatic hydroxyl groups is 1. The van der Waals surface area contributed by atoms with Crippen LogP contribution < -0.4 is 5.32 Å². The van der Waals surface area contributed by atoms with E-state index in [0.29, 0.717) is 19.1 Å². The van der Waals surface area contributed by atoms with Crippen molar-refractivity contribution in [3.63, 3.8) is 0 Å². The number of nitrogens with zero attached hydrogens (tertiary/aromatic N) is 1. The van der Waals surface area contributed by atoms with Crippen molar-refractivity contribution < 1.29 is 9.90 Å². The van der Waals surface area contributed by atoms with Crippen LogP contribution in [0, 0.1) is 0 Å². The molecule has 2 heterocycles. The van der Waals surface area contributed by atoms with Crippen molar-refractivity contribution in [3.05, 3.63) is 22.4 Å². The normalized spacial score (nSPS) is 19.4. The molecule has 1 atom stereocenters. The first-order valence-electron chi connectivity index (χ1n) is 7.43. The lowest BCUT2D eigenvalue weighted by atomic mass is 10.1. The van der Waals surface area contributed by atoms with Crippen molar-refractivity contribution in [2.75, 3.05) is 26.2 Å². The predicted molar refractivity (Wildman–Crippen MR) is 81.9 cm³/mol. The smallest absolute Gasteiger partial charge is 0.234 e. The molecular weight excluding hydrogens is 272 g/mol. The fourth-order valence-corrected chi connectivity index (χ4v) is 3.49. The second-order valence-corrected chi connectivity index (χ2v) is 6.34. The molecule has 1 aromatic heterocycles. The number of hydrogen-bond donors (Lipinski definition) is 2. The van der Waals surface area contributed by atoms with E-state index in [0.717, 1.165) is 32.2 Å². The lowest BCUT2D eigenvalue weighted by Crippen LogP contribution is -2.40. The van der Waals surface area contributed by atoms with Crippen molar-refractivity contribution in [2.24, 2.45) is 0 Å². The number of thiophene rings is 1.